The number of aryl methyl sites for hydroxylation is 1. The molecule has 0 bridgehead atoms. The maximum atomic E-state index is 12.9. The molecule has 0 aliphatic rings. The minimum atomic E-state index is -0.655. The van der Waals surface area contributed by atoms with Crippen LogP contribution in [0.4, 0.5) is 4.39 Å². The number of hydrogen-bond acceptors (Lipinski definition) is 2. The van der Waals surface area contributed by atoms with Crippen LogP contribution in [0.1, 0.15) is 37.9 Å². The van der Waals surface area contributed by atoms with Gasteiger partial charge in [0, 0.05) is 0 Å². The van der Waals surface area contributed by atoms with E-state index in [1.165, 1.54) is 29.8 Å². The van der Waals surface area contributed by atoms with Crippen LogP contribution in [0, 0.1) is 5.82 Å². The van der Waals surface area contributed by atoms with Crippen LogP contribution >= 0.6 is 0 Å². The quantitative estimate of drug-likeness (QED) is 0.874. The summed E-state index contributed by atoms with van der Waals surface area (Å²) in [5.41, 5.74) is 2.31. The van der Waals surface area contributed by atoms with E-state index >= 15 is 0 Å². The van der Waals surface area contributed by atoms with E-state index < -0.39 is 6.10 Å². The highest BCUT2D eigenvalue weighted by atomic mass is 19.1. The van der Waals surface area contributed by atoms with Crippen LogP contribution in [0.2, 0.25) is 0 Å². The SMILES string of the molecule is CCc1ccc([C@H](C)NC(=O)[C@H](C)Oc2ccc(F)cc2)cc1. The maximum absolute atomic E-state index is 12.9. The number of amides is 1. The van der Waals surface area contributed by atoms with Crippen molar-refractivity contribution in [3.8, 4) is 5.75 Å². The molecule has 0 saturated carbocycles. The summed E-state index contributed by atoms with van der Waals surface area (Å²) in [6, 6.07) is 13.7. The summed E-state index contributed by atoms with van der Waals surface area (Å²) in [6.45, 7) is 5.71. The monoisotopic (exact) mass is 315 g/mol. The lowest BCUT2D eigenvalue weighted by atomic mass is 10.0. The Hall–Kier alpha value is -2.36. The van der Waals surface area contributed by atoms with Gasteiger partial charge in [-0.3, -0.25) is 4.79 Å². The molecule has 0 radical (unpaired) electrons. The molecule has 0 heterocycles. The zero-order valence-electron chi connectivity index (χ0n) is 13.7. The summed E-state index contributed by atoms with van der Waals surface area (Å²) in [6.07, 6.45) is 0.335. The molecule has 4 heteroatoms. The van der Waals surface area contributed by atoms with Crippen molar-refractivity contribution in [2.45, 2.75) is 39.3 Å². The fraction of sp³-hybridized carbons (Fsp3) is 0.316. The van der Waals surface area contributed by atoms with E-state index in [9.17, 15) is 9.18 Å². The standard InChI is InChI=1S/C19H22FNO2/c1-4-15-5-7-16(8-6-15)13(2)21-19(22)14(3)23-18-11-9-17(20)10-12-18/h5-14H,4H2,1-3H3,(H,21,22)/t13-,14-/m0/s1. The van der Waals surface area contributed by atoms with E-state index in [-0.39, 0.29) is 17.8 Å². The molecule has 23 heavy (non-hydrogen) atoms. The van der Waals surface area contributed by atoms with E-state index in [0.717, 1.165) is 12.0 Å². The first-order valence-corrected chi connectivity index (χ1v) is 7.81. The summed E-state index contributed by atoms with van der Waals surface area (Å²) in [7, 11) is 0. The zero-order valence-corrected chi connectivity index (χ0v) is 13.7. The molecule has 1 amide bonds. The van der Waals surface area contributed by atoms with Crippen molar-refractivity contribution in [1.82, 2.24) is 5.32 Å². The lowest BCUT2D eigenvalue weighted by Crippen LogP contribution is -2.37. The van der Waals surface area contributed by atoms with Gasteiger partial charge >= 0.3 is 0 Å². The van der Waals surface area contributed by atoms with Gasteiger partial charge in [-0.25, -0.2) is 4.39 Å². The first kappa shape index (κ1) is 17.0. The number of carbonyl (C=O) groups is 1. The molecule has 0 aliphatic heterocycles. The summed E-state index contributed by atoms with van der Waals surface area (Å²) in [5, 5.41) is 2.93. The topological polar surface area (TPSA) is 38.3 Å². The largest absolute Gasteiger partial charge is 0.481 e. The average molecular weight is 315 g/mol. The Morgan fingerprint density at radius 1 is 1.09 bits per heavy atom. The lowest BCUT2D eigenvalue weighted by molar-refractivity contribution is -0.127. The number of carbonyl (C=O) groups excluding carboxylic acids is 1. The van der Waals surface area contributed by atoms with E-state index in [1.54, 1.807) is 6.92 Å². The summed E-state index contributed by atoms with van der Waals surface area (Å²) < 4.78 is 18.4. The van der Waals surface area contributed by atoms with Crippen LogP contribution in [-0.2, 0) is 11.2 Å². The highest BCUT2D eigenvalue weighted by Crippen LogP contribution is 2.16. The molecule has 2 atom stereocenters. The Labute approximate surface area is 136 Å². The van der Waals surface area contributed by atoms with Gasteiger partial charge in [-0.2, -0.15) is 0 Å². The fourth-order valence-electron chi connectivity index (χ4n) is 2.23. The number of rotatable bonds is 6. The fourth-order valence-corrected chi connectivity index (χ4v) is 2.23. The number of hydrogen-bond donors (Lipinski definition) is 1. The molecule has 2 rings (SSSR count). The zero-order chi connectivity index (χ0) is 16.8. The van der Waals surface area contributed by atoms with Gasteiger partial charge in [-0.1, -0.05) is 31.2 Å². The van der Waals surface area contributed by atoms with Crippen molar-refractivity contribution in [2.75, 3.05) is 0 Å². The highest BCUT2D eigenvalue weighted by molar-refractivity contribution is 5.81. The number of ether oxygens (including phenoxy) is 1. The molecular weight excluding hydrogens is 293 g/mol. The summed E-state index contributed by atoms with van der Waals surface area (Å²) >= 11 is 0. The van der Waals surface area contributed by atoms with Gasteiger partial charge in [0.15, 0.2) is 6.10 Å². The molecule has 0 aliphatic carbocycles. The Bertz CT molecular complexity index is 637. The number of nitrogens with one attached hydrogen (secondary N) is 1. The third-order valence-electron chi connectivity index (χ3n) is 3.74. The molecule has 122 valence electrons. The van der Waals surface area contributed by atoms with Gasteiger partial charge in [0.25, 0.3) is 5.91 Å². The van der Waals surface area contributed by atoms with Crippen molar-refractivity contribution < 1.29 is 13.9 Å². The van der Waals surface area contributed by atoms with E-state index in [1.807, 2.05) is 19.1 Å². The Morgan fingerprint density at radius 3 is 2.26 bits per heavy atom. The first-order chi connectivity index (χ1) is 11.0. The second-order valence-electron chi connectivity index (χ2n) is 5.54. The minimum Gasteiger partial charge on any atom is -0.481 e. The molecule has 2 aromatic rings. The van der Waals surface area contributed by atoms with Crippen LogP contribution in [0.3, 0.4) is 0 Å². The van der Waals surface area contributed by atoms with Crippen molar-refractivity contribution >= 4 is 5.91 Å². The highest BCUT2D eigenvalue weighted by Gasteiger charge is 2.17. The molecule has 0 unspecified atom stereocenters. The Kier molecular flexibility index (Phi) is 5.74. The van der Waals surface area contributed by atoms with E-state index in [0.29, 0.717) is 5.75 Å². The normalized spacial score (nSPS) is 13.2. The van der Waals surface area contributed by atoms with Crippen LogP contribution in [0.5, 0.6) is 5.75 Å². The van der Waals surface area contributed by atoms with Crippen LogP contribution < -0.4 is 10.1 Å². The maximum Gasteiger partial charge on any atom is 0.261 e. The van der Waals surface area contributed by atoms with Crippen LogP contribution in [0.15, 0.2) is 48.5 Å². The number of halogens is 1. The second-order valence-corrected chi connectivity index (χ2v) is 5.54. The number of benzene rings is 2. The van der Waals surface area contributed by atoms with Gasteiger partial charge < -0.3 is 10.1 Å². The molecule has 0 fully saturated rings. The van der Waals surface area contributed by atoms with Gasteiger partial charge in [-0.15, -0.1) is 0 Å². The van der Waals surface area contributed by atoms with Crippen molar-refractivity contribution in [2.24, 2.45) is 0 Å². The molecule has 1 N–H and O–H groups in total. The first-order valence-electron chi connectivity index (χ1n) is 7.81. The van der Waals surface area contributed by atoms with Gasteiger partial charge in [0.1, 0.15) is 11.6 Å². The predicted octanol–water partition coefficient (Wildman–Crippen LogP) is 4.03. The van der Waals surface area contributed by atoms with E-state index in [4.69, 9.17) is 4.74 Å². The Balaban J connectivity index is 1.92. The minimum absolute atomic E-state index is 0.104. The van der Waals surface area contributed by atoms with Gasteiger partial charge in [0.05, 0.1) is 6.04 Å². The van der Waals surface area contributed by atoms with E-state index in [2.05, 4.69) is 24.4 Å². The van der Waals surface area contributed by atoms with Crippen LogP contribution in [0.25, 0.3) is 0 Å². The lowest BCUT2D eigenvalue weighted by Gasteiger charge is -2.19. The van der Waals surface area contributed by atoms with Gasteiger partial charge in [0.2, 0.25) is 0 Å². The molecule has 0 saturated heterocycles. The smallest absolute Gasteiger partial charge is 0.261 e. The molecule has 2 aromatic carbocycles. The molecule has 3 nitrogen and oxygen atoms in total. The second kappa shape index (κ2) is 7.77. The summed E-state index contributed by atoms with van der Waals surface area (Å²) in [5.74, 6) is -0.0750. The molecular formula is C19H22FNO2. The van der Waals surface area contributed by atoms with Crippen molar-refractivity contribution in [3.63, 3.8) is 0 Å². The average Bonchev–Trinajstić information content (AvgIpc) is 2.56. The van der Waals surface area contributed by atoms with Gasteiger partial charge in [-0.05, 0) is 55.7 Å². The Morgan fingerprint density at radius 2 is 1.70 bits per heavy atom. The molecule has 0 spiro atoms. The van der Waals surface area contributed by atoms with Crippen molar-refractivity contribution in [3.05, 3.63) is 65.5 Å². The molecule has 0 aromatic heterocycles. The van der Waals surface area contributed by atoms with Crippen molar-refractivity contribution in [1.29, 1.82) is 0 Å². The summed E-state index contributed by atoms with van der Waals surface area (Å²) in [4.78, 5) is 12.2. The third kappa shape index (κ3) is 4.81. The predicted molar refractivity (Wildman–Crippen MR) is 88.9 cm³/mol. The third-order valence-corrected chi connectivity index (χ3v) is 3.74. The van der Waals surface area contributed by atoms with Crippen LogP contribution in [-0.4, -0.2) is 12.0 Å².